The van der Waals surface area contributed by atoms with E-state index >= 15 is 0 Å². The summed E-state index contributed by atoms with van der Waals surface area (Å²) < 4.78 is 26.4. The van der Waals surface area contributed by atoms with E-state index in [2.05, 4.69) is 113 Å². The van der Waals surface area contributed by atoms with E-state index in [0.29, 0.717) is 33.0 Å². The Morgan fingerprint density at radius 2 is 1.18 bits per heavy atom. The summed E-state index contributed by atoms with van der Waals surface area (Å²) in [5.41, 5.74) is 4.66. The molecular weight excluding hydrogens is 512 g/mol. The van der Waals surface area contributed by atoms with Crippen LogP contribution in [-0.2, 0) is 38.5 Å². The number of benzene rings is 3. The standard InChI is InChI=1S/C35H46O4Si/c1-35(2,3)40(4,5)39-27-32-22-21-31(26-36-23-28-15-9-6-10-16-28)33(37-24-29-17-11-7-12-18-29)34(32)38-25-30-19-13-8-14-20-30/h6-20,22,31,33-34H,21,23-27H2,1-5H3/t31-,33-,34-/m1/s1. The van der Waals surface area contributed by atoms with Gasteiger partial charge in [0.25, 0.3) is 0 Å². The molecule has 4 rings (SSSR count). The van der Waals surface area contributed by atoms with Crippen LogP contribution in [0.1, 0.15) is 43.9 Å². The van der Waals surface area contributed by atoms with Gasteiger partial charge in [0, 0.05) is 5.92 Å². The Balaban J connectivity index is 1.55. The SMILES string of the molecule is CC(C)(C)[Si](C)(C)OCC1=CC[C@H](COCc2ccccc2)[C@@H](OCc2ccccc2)[C@@H]1OCc1ccccc1. The maximum Gasteiger partial charge on any atom is 0.192 e. The Morgan fingerprint density at radius 3 is 1.70 bits per heavy atom. The number of hydrogen-bond donors (Lipinski definition) is 0. The van der Waals surface area contributed by atoms with Crippen molar-refractivity contribution in [3.05, 3.63) is 119 Å². The molecule has 1 aliphatic carbocycles. The van der Waals surface area contributed by atoms with E-state index in [-0.39, 0.29) is 23.2 Å². The first-order valence-electron chi connectivity index (χ1n) is 14.5. The minimum absolute atomic E-state index is 0.139. The normalized spacial score (nSPS) is 19.8. The molecule has 0 saturated heterocycles. The number of hydrogen-bond acceptors (Lipinski definition) is 4. The van der Waals surface area contributed by atoms with Gasteiger partial charge in [-0.3, -0.25) is 0 Å². The van der Waals surface area contributed by atoms with Gasteiger partial charge in [0.15, 0.2) is 8.32 Å². The van der Waals surface area contributed by atoms with Crippen molar-refractivity contribution in [1.82, 2.24) is 0 Å². The molecule has 0 spiro atoms. The summed E-state index contributed by atoms with van der Waals surface area (Å²) in [6.45, 7) is 14.3. The van der Waals surface area contributed by atoms with Crippen molar-refractivity contribution in [2.45, 2.75) is 77.4 Å². The molecule has 0 N–H and O–H groups in total. The molecule has 0 aromatic heterocycles. The van der Waals surface area contributed by atoms with Gasteiger partial charge in [-0.2, -0.15) is 0 Å². The topological polar surface area (TPSA) is 36.9 Å². The molecule has 5 heteroatoms. The first-order chi connectivity index (χ1) is 19.2. The molecule has 3 aromatic carbocycles. The summed E-state index contributed by atoms with van der Waals surface area (Å²) in [5.74, 6) is 0.171. The lowest BCUT2D eigenvalue weighted by molar-refractivity contribution is -0.115. The molecular formula is C35H46O4Si. The Kier molecular flexibility index (Phi) is 10.9. The van der Waals surface area contributed by atoms with Crippen LogP contribution >= 0.6 is 0 Å². The molecule has 0 saturated carbocycles. The molecule has 40 heavy (non-hydrogen) atoms. The van der Waals surface area contributed by atoms with E-state index in [1.54, 1.807) is 0 Å². The van der Waals surface area contributed by atoms with Gasteiger partial charge in [0.05, 0.1) is 39.1 Å². The first-order valence-corrected chi connectivity index (χ1v) is 17.4. The Labute approximate surface area is 242 Å². The van der Waals surface area contributed by atoms with Gasteiger partial charge in [-0.25, -0.2) is 0 Å². The maximum atomic E-state index is 6.72. The van der Waals surface area contributed by atoms with Crippen molar-refractivity contribution in [3.8, 4) is 0 Å². The highest BCUT2D eigenvalue weighted by Crippen LogP contribution is 2.38. The van der Waals surface area contributed by atoms with Crippen molar-refractivity contribution in [3.63, 3.8) is 0 Å². The zero-order valence-electron chi connectivity index (χ0n) is 24.8. The molecule has 0 unspecified atom stereocenters. The maximum absolute atomic E-state index is 6.72. The highest BCUT2D eigenvalue weighted by atomic mass is 28.4. The minimum atomic E-state index is -1.94. The lowest BCUT2D eigenvalue weighted by atomic mass is 9.84. The Bertz CT molecular complexity index is 1170. The Morgan fingerprint density at radius 1 is 0.675 bits per heavy atom. The van der Waals surface area contributed by atoms with Crippen molar-refractivity contribution < 1.29 is 18.6 Å². The number of ether oxygens (including phenoxy) is 3. The highest BCUT2D eigenvalue weighted by molar-refractivity contribution is 6.74. The molecule has 1 aliphatic rings. The van der Waals surface area contributed by atoms with E-state index in [1.165, 1.54) is 11.1 Å². The van der Waals surface area contributed by atoms with Crippen LogP contribution in [0.3, 0.4) is 0 Å². The smallest absolute Gasteiger partial charge is 0.192 e. The van der Waals surface area contributed by atoms with Crippen molar-refractivity contribution in [1.29, 1.82) is 0 Å². The zero-order valence-corrected chi connectivity index (χ0v) is 25.8. The van der Waals surface area contributed by atoms with Crippen LogP contribution in [0.5, 0.6) is 0 Å². The van der Waals surface area contributed by atoms with Gasteiger partial charge >= 0.3 is 0 Å². The highest BCUT2D eigenvalue weighted by Gasteiger charge is 2.40. The molecule has 3 aromatic rings. The Hall–Kier alpha value is -2.54. The van der Waals surface area contributed by atoms with Crippen molar-refractivity contribution in [2.24, 2.45) is 5.92 Å². The quantitative estimate of drug-likeness (QED) is 0.156. The molecule has 4 nitrogen and oxygen atoms in total. The summed E-state index contributed by atoms with van der Waals surface area (Å²) in [6.07, 6.45) is 2.83. The minimum Gasteiger partial charge on any atom is -0.413 e. The third kappa shape index (κ3) is 8.73. The van der Waals surface area contributed by atoms with Crippen LogP contribution in [-0.4, -0.2) is 33.7 Å². The van der Waals surface area contributed by atoms with E-state index in [1.807, 2.05) is 18.2 Å². The largest absolute Gasteiger partial charge is 0.413 e. The zero-order chi connectivity index (χ0) is 28.4. The van der Waals surface area contributed by atoms with Crippen molar-refractivity contribution in [2.75, 3.05) is 13.2 Å². The van der Waals surface area contributed by atoms with Crippen LogP contribution in [0, 0.1) is 5.92 Å². The van der Waals surface area contributed by atoms with Gasteiger partial charge in [-0.1, -0.05) is 118 Å². The fraction of sp³-hybridized carbons (Fsp3) is 0.429. The molecule has 214 valence electrons. The summed E-state index contributed by atoms with van der Waals surface area (Å²) in [5, 5.41) is 0.139. The molecule has 0 aliphatic heterocycles. The molecule has 3 atom stereocenters. The van der Waals surface area contributed by atoms with E-state index in [4.69, 9.17) is 18.6 Å². The number of rotatable bonds is 13. The number of allylic oxidation sites excluding steroid dienone is 1. The summed E-state index contributed by atoms with van der Waals surface area (Å²) in [4.78, 5) is 0. The second-order valence-electron chi connectivity index (χ2n) is 12.3. The monoisotopic (exact) mass is 558 g/mol. The molecule has 0 fully saturated rings. The van der Waals surface area contributed by atoms with E-state index < -0.39 is 8.32 Å². The van der Waals surface area contributed by atoms with Crippen molar-refractivity contribution >= 4 is 8.32 Å². The summed E-state index contributed by atoms with van der Waals surface area (Å²) >= 11 is 0. The molecule has 0 heterocycles. The summed E-state index contributed by atoms with van der Waals surface area (Å²) in [6, 6.07) is 31.1. The van der Waals surface area contributed by atoms with E-state index in [0.717, 1.165) is 17.5 Å². The van der Waals surface area contributed by atoms with Crippen LogP contribution in [0.4, 0.5) is 0 Å². The molecule has 0 bridgehead atoms. The second kappa shape index (κ2) is 14.4. The van der Waals surface area contributed by atoms with Gasteiger partial charge in [-0.05, 0) is 46.8 Å². The fourth-order valence-electron chi connectivity index (χ4n) is 4.65. The van der Waals surface area contributed by atoms with E-state index in [9.17, 15) is 0 Å². The summed E-state index contributed by atoms with van der Waals surface area (Å²) in [7, 11) is -1.94. The van der Waals surface area contributed by atoms with Gasteiger partial charge in [0.2, 0.25) is 0 Å². The second-order valence-corrected chi connectivity index (χ2v) is 17.1. The predicted molar refractivity (Wildman–Crippen MR) is 165 cm³/mol. The molecule has 0 radical (unpaired) electrons. The average molecular weight is 559 g/mol. The lowest BCUT2D eigenvalue weighted by Gasteiger charge is -2.41. The fourth-order valence-corrected chi connectivity index (χ4v) is 5.61. The van der Waals surface area contributed by atoms with Crippen LogP contribution in [0.2, 0.25) is 18.1 Å². The molecule has 0 amide bonds. The van der Waals surface area contributed by atoms with Crippen LogP contribution in [0.25, 0.3) is 0 Å². The van der Waals surface area contributed by atoms with Crippen LogP contribution < -0.4 is 0 Å². The van der Waals surface area contributed by atoms with Gasteiger partial charge in [-0.15, -0.1) is 0 Å². The third-order valence-corrected chi connectivity index (χ3v) is 12.7. The third-order valence-electron chi connectivity index (χ3n) is 8.22. The lowest BCUT2D eigenvalue weighted by Crippen LogP contribution is -2.46. The predicted octanol–water partition coefficient (Wildman–Crippen LogP) is 8.34. The van der Waals surface area contributed by atoms with Gasteiger partial charge in [0.1, 0.15) is 6.10 Å². The first kappa shape index (κ1) is 30.4. The average Bonchev–Trinajstić information content (AvgIpc) is 2.95. The van der Waals surface area contributed by atoms with Gasteiger partial charge < -0.3 is 18.6 Å². The van der Waals surface area contributed by atoms with Crippen LogP contribution in [0.15, 0.2) is 103 Å².